The predicted molar refractivity (Wildman–Crippen MR) is 49.8 cm³/mol. The first-order chi connectivity index (χ1) is 7.75. The number of rotatable bonds is 5. The number of nitrogens with zero attached hydrogens (tertiary/aromatic N) is 2. The average Bonchev–Trinajstić information content (AvgIpc) is 2.85. The monoisotopic (exact) mass is 228 g/mol. The molecule has 88 valence electrons. The van der Waals surface area contributed by atoms with Crippen LogP contribution in [-0.2, 0) is 20.9 Å². The lowest BCUT2D eigenvalue weighted by Crippen LogP contribution is -2.06. The van der Waals surface area contributed by atoms with E-state index in [1.165, 1.54) is 0 Å². The zero-order chi connectivity index (χ0) is 11.4. The summed E-state index contributed by atoms with van der Waals surface area (Å²) >= 11 is 0. The van der Waals surface area contributed by atoms with Gasteiger partial charge in [-0.25, -0.2) is 4.79 Å². The second-order valence-electron chi connectivity index (χ2n) is 3.48. The van der Waals surface area contributed by atoms with Crippen LogP contribution in [0.5, 0.6) is 0 Å². The topological polar surface area (TPSA) is 94.7 Å². The Morgan fingerprint density at radius 2 is 2.44 bits per heavy atom. The minimum Gasteiger partial charge on any atom is -0.480 e. The average molecular weight is 228 g/mol. The SMILES string of the molecule is O=C(O)COCc1nnc(C2CCOC2)o1. The van der Waals surface area contributed by atoms with E-state index in [0.29, 0.717) is 25.0 Å². The van der Waals surface area contributed by atoms with E-state index in [4.69, 9.17) is 19.0 Å². The van der Waals surface area contributed by atoms with Gasteiger partial charge in [-0.1, -0.05) is 0 Å². The molecule has 0 radical (unpaired) electrons. The fourth-order valence-electron chi connectivity index (χ4n) is 1.44. The Kier molecular flexibility index (Phi) is 3.47. The Bertz CT molecular complexity index is 359. The molecule has 1 aliphatic heterocycles. The van der Waals surface area contributed by atoms with Gasteiger partial charge >= 0.3 is 5.97 Å². The third-order valence-electron chi connectivity index (χ3n) is 2.21. The van der Waals surface area contributed by atoms with Crippen molar-refractivity contribution in [3.63, 3.8) is 0 Å². The van der Waals surface area contributed by atoms with E-state index in [0.717, 1.165) is 6.42 Å². The zero-order valence-corrected chi connectivity index (χ0v) is 8.59. The molecule has 0 saturated carbocycles. The molecule has 7 heteroatoms. The molecule has 0 aliphatic carbocycles. The molecule has 2 heterocycles. The highest BCUT2D eigenvalue weighted by Crippen LogP contribution is 2.23. The van der Waals surface area contributed by atoms with Gasteiger partial charge in [-0.2, -0.15) is 0 Å². The highest BCUT2D eigenvalue weighted by Gasteiger charge is 2.23. The maximum atomic E-state index is 10.2. The quantitative estimate of drug-likeness (QED) is 0.767. The highest BCUT2D eigenvalue weighted by molar-refractivity contribution is 5.67. The van der Waals surface area contributed by atoms with Crippen LogP contribution in [0.25, 0.3) is 0 Å². The van der Waals surface area contributed by atoms with Gasteiger partial charge in [0.05, 0.1) is 12.5 Å². The van der Waals surface area contributed by atoms with Crippen LogP contribution in [0.2, 0.25) is 0 Å². The number of carboxylic acids is 1. The molecule has 1 saturated heterocycles. The summed E-state index contributed by atoms with van der Waals surface area (Å²) in [5.41, 5.74) is 0. The molecule has 7 nitrogen and oxygen atoms in total. The normalized spacial score (nSPS) is 20.1. The van der Waals surface area contributed by atoms with Crippen molar-refractivity contribution in [3.8, 4) is 0 Å². The lowest BCUT2D eigenvalue weighted by Gasteiger charge is -1.99. The molecule has 0 aromatic carbocycles. The Balaban J connectivity index is 1.84. The number of hydrogen-bond acceptors (Lipinski definition) is 6. The molecular formula is C9H12N2O5. The van der Waals surface area contributed by atoms with Gasteiger partial charge in [0.2, 0.25) is 11.8 Å². The first kappa shape index (κ1) is 11.0. The molecule has 0 bridgehead atoms. The molecule has 1 aromatic rings. The molecule has 1 N–H and O–H groups in total. The van der Waals surface area contributed by atoms with Gasteiger partial charge in [-0.3, -0.25) is 0 Å². The summed E-state index contributed by atoms with van der Waals surface area (Å²) < 4.78 is 15.4. The number of carbonyl (C=O) groups is 1. The molecule has 0 amide bonds. The maximum absolute atomic E-state index is 10.2. The van der Waals surface area contributed by atoms with Gasteiger partial charge in [-0.15, -0.1) is 10.2 Å². The van der Waals surface area contributed by atoms with Crippen molar-refractivity contribution in [2.45, 2.75) is 18.9 Å². The van der Waals surface area contributed by atoms with E-state index in [-0.39, 0.29) is 19.1 Å². The van der Waals surface area contributed by atoms with Crippen LogP contribution in [0.3, 0.4) is 0 Å². The van der Waals surface area contributed by atoms with E-state index in [9.17, 15) is 4.79 Å². The Hall–Kier alpha value is -1.47. The van der Waals surface area contributed by atoms with E-state index in [1.54, 1.807) is 0 Å². The molecule has 1 atom stereocenters. The molecular weight excluding hydrogens is 216 g/mol. The lowest BCUT2D eigenvalue weighted by atomic mass is 10.1. The number of aliphatic carboxylic acids is 1. The number of hydrogen-bond donors (Lipinski definition) is 1. The lowest BCUT2D eigenvalue weighted by molar-refractivity contribution is -0.142. The first-order valence-corrected chi connectivity index (χ1v) is 4.95. The standard InChI is InChI=1S/C9H12N2O5/c12-8(13)5-15-4-7-10-11-9(16-7)6-1-2-14-3-6/h6H,1-5H2,(H,12,13). The minimum absolute atomic E-state index is 0.0207. The number of carboxylic acid groups (broad SMARTS) is 1. The second-order valence-corrected chi connectivity index (χ2v) is 3.48. The van der Waals surface area contributed by atoms with E-state index < -0.39 is 5.97 Å². The van der Waals surface area contributed by atoms with Crippen molar-refractivity contribution in [1.82, 2.24) is 10.2 Å². The minimum atomic E-state index is -1.02. The van der Waals surface area contributed by atoms with Crippen molar-refractivity contribution in [1.29, 1.82) is 0 Å². The Morgan fingerprint density at radius 3 is 3.12 bits per heavy atom. The van der Waals surface area contributed by atoms with E-state index in [2.05, 4.69) is 10.2 Å². The van der Waals surface area contributed by atoms with Gasteiger partial charge in [0.25, 0.3) is 0 Å². The van der Waals surface area contributed by atoms with Crippen molar-refractivity contribution >= 4 is 5.97 Å². The van der Waals surface area contributed by atoms with E-state index >= 15 is 0 Å². The molecule has 1 aromatic heterocycles. The van der Waals surface area contributed by atoms with Crippen LogP contribution < -0.4 is 0 Å². The summed E-state index contributed by atoms with van der Waals surface area (Å²) in [5, 5.41) is 16.0. The van der Waals surface area contributed by atoms with Crippen molar-refractivity contribution in [2.24, 2.45) is 0 Å². The third kappa shape index (κ3) is 2.77. The molecule has 1 fully saturated rings. The highest BCUT2D eigenvalue weighted by atomic mass is 16.5. The Morgan fingerprint density at radius 1 is 1.56 bits per heavy atom. The third-order valence-corrected chi connectivity index (χ3v) is 2.21. The number of ether oxygens (including phenoxy) is 2. The largest absolute Gasteiger partial charge is 0.480 e. The fraction of sp³-hybridized carbons (Fsp3) is 0.667. The second kappa shape index (κ2) is 5.04. The molecule has 16 heavy (non-hydrogen) atoms. The van der Waals surface area contributed by atoms with Crippen molar-refractivity contribution < 1.29 is 23.8 Å². The predicted octanol–water partition coefficient (Wildman–Crippen LogP) is 0.175. The summed E-state index contributed by atoms with van der Waals surface area (Å²) in [6, 6.07) is 0. The van der Waals surface area contributed by atoms with Crippen molar-refractivity contribution in [3.05, 3.63) is 11.8 Å². The van der Waals surface area contributed by atoms with Crippen LogP contribution in [0, 0.1) is 0 Å². The smallest absolute Gasteiger partial charge is 0.329 e. The Labute approximate surface area is 91.4 Å². The van der Waals surface area contributed by atoms with Crippen LogP contribution in [0.1, 0.15) is 24.1 Å². The van der Waals surface area contributed by atoms with Crippen LogP contribution >= 0.6 is 0 Å². The summed E-state index contributed by atoms with van der Waals surface area (Å²) in [5.74, 6) is -0.0424. The molecule has 0 spiro atoms. The van der Waals surface area contributed by atoms with Crippen molar-refractivity contribution in [2.75, 3.05) is 19.8 Å². The van der Waals surface area contributed by atoms with Crippen LogP contribution in [0.4, 0.5) is 0 Å². The first-order valence-electron chi connectivity index (χ1n) is 4.95. The number of aromatic nitrogens is 2. The molecule has 1 unspecified atom stereocenters. The summed E-state index contributed by atoms with van der Waals surface area (Å²) in [6.07, 6.45) is 0.873. The van der Waals surface area contributed by atoms with Crippen LogP contribution in [0.15, 0.2) is 4.42 Å². The van der Waals surface area contributed by atoms with E-state index in [1.807, 2.05) is 0 Å². The summed E-state index contributed by atoms with van der Waals surface area (Å²) in [4.78, 5) is 10.2. The summed E-state index contributed by atoms with van der Waals surface area (Å²) in [6.45, 7) is 0.951. The maximum Gasteiger partial charge on any atom is 0.329 e. The van der Waals surface area contributed by atoms with Crippen LogP contribution in [-0.4, -0.2) is 41.1 Å². The molecule has 2 rings (SSSR count). The summed E-state index contributed by atoms with van der Waals surface area (Å²) in [7, 11) is 0. The van der Waals surface area contributed by atoms with Gasteiger partial charge in [0.15, 0.2) is 0 Å². The zero-order valence-electron chi connectivity index (χ0n) is 8.59. The van der Waals surface area contributed by atoms with Gasteiger partial charge in [0.1, 0.15) is 13.2 Å². The van der Waals surface area contributed by atoms with Gasteiger partial charge < -0.3 is 19.0 Å². The van der Waals surface area contributed by atoms with Gasteiger partial charge in [0, 0.05) is 6.61 Å². The van der Waals surface area contributed by atoms with Gasteiger partial charge in [-0.05, 0) is 6.42 Å². The molecule has 1 aliphatic rings. The fourth-order valence-corrected chi connectivity index (χ4v) is 1.44.